The Balaban J connectivity index is 2.37. The number of anilines is 1. The van der Waals surface area contributed by atoms with E-state index in [9.17, 15) is 14.4 Å². The van der Waals surface area contributed by atoms with Crippen LogP contribution in [-0.4, -0.2) is 54.1 Å². The van der Waals surface area contributed by atoms with Crippen LogP contribution in [0.15, 0.2) is 18.2 Å². The first-order valence-electron chi connectivity index (χ1n) is 7.14. The third kappa shape index (κ3) is 3.78. The number of esters is 1. The van der Waals surface area contributed by atoms with Crippen LogP contribution in [0.3, 0.4) is 0 Å². The van der Waals surface area contributed by atoms with E-state index in [1.165, 1.54) is 24.1 Å². The zero-order chi connectivity index (χ0) is 17.0. The van der Waals surface area contributed by atoms with Gasteiger partial charge in [0.1, 0.15) is 6.04 Å². The molecule has 1 aliphatic heterocycles. The van der Waals surface area contributed by atoms with Gasteiger partial charge in [-0.2, -0.15) is 0 Å². The van der Waals surface area contributed by atoms with Crippen molar-refractivity contribution >= 4 is 23.5 Å². The van der Waals surface area contributed by atoms with Crippen molar-refractivity contribution in [3.63, 3.8) is 0 Å². The Bertz CT molecular complexity index is 632. The lowest BCUT2D eigenvalue weighted by Gasteiger charge is -2.23. The van der Waals surface area contributed by atoms with Crippen molar-refractivity contribution in [3.8, 4) is 0 Å². The number of aromatic carboxylic acids is 1. The summed E-state index contributed by atoms with van der Waals surface area (Å²) in [5.74, 6) is -1.82. The number of carbonyl (C=O) groups excluding carboxylic acids is 2. The topological polar surface area (TPSA) is 122 Å². The smallest absolute Gasteiger partial charge is 0.335 e. The molecule has 1 aromatic rings. The van der Waals surface area contributed by atoms with E-state index in [4.69, 9.17) is 10.8 Å². The average molecular weight is 321 g/mol. The van der Waals surface area contributed by atoms with Gasteiger partial charge in [-0.15, -0.1) is 0 Å². The predicted octanol–water partition coefficient (Wildman–Crippen LogP) is 0.0293. The molecule has 1 aromatic carbocycles. The summed E-state index contributed by atoms with van der Waals surface area (Å²) in [7, 11) is 1.26. The van der Waals surface area contributed by atoms with Gasteiger partial charge in [0.2, 0.25) is 5.91 Å². The van der Waals surface area contributed by atoms with Gasteiger partial charge in [0.05, 0.1) is 19.1 Å². The lowest BCUT2D eigenvalue weighted by Crippen LogP contribution is -2.43. The second-order valence-electron chi connectivity index (χ2n) is 5.20. The van der Waals surface area contributed by atoms with Crippen LogP contribution in [0.5, 0.6) is 0 Å². The Kier molecular flexibility index (Phi) is 5.17. The first kappa shape index (κ1) is 16.8. The van der Waals surface area contributed by atoms with Crippen molar-refractivity contribution < 1.29 is 24.2 Å². The second kappa shape index (κ2) is 7.10. The van der Waals surface area contributed by atoms with Crippen LogP contribution < -0.4 is 11.1 Å². The van der Waals surface area contributed by atoms with Crippen LogP contribution in [0.2, 0.25) is 0 Å². The van der Waals surface area contributed by atoms with E-state index in [0.717, 1.165) is 0 Å². The number of rotatable bonds is 5. The average Bonchev–Trinajstić information content (AvgIpc) is 2.65. The van der Waals surface area contributed by atoms with E-state index in [2.05, 4.69) is 10.1 Å². The molecule has 4 N–H and O–H groups in total. The lowest BCUT2D eigenvalue weighted by molar-refractivity contribution is -0.144. The molecule has 0 bridgehead atoms. The van der Waals surface area contributed by atoms with Crippen LogP contribution in [0.4, 0.5) is 5.69 Å². The molecule has 1 atom stereocenters. The van der Waals surface area contributed by atoms with Crippen molar-refractivity contribution in [1.29, 1.82) is 0 Å². The molecule has 8 nitrogen and oxygen atoms in total. The maximum Gasteiger partial charge on any atom is 0.335 e. The number of nitrogens with one attached hydrogen (secondary N) is 1. The van der Waals surface area contributed by atoms with Gasteiger partial charge in [-0.25, -0.2) is 4.79 Å². The minimum Gasteiger partial charge on any atom is -0.478 e. The fourth-order valence-electron chi connectivity index (χ4n) is 2.49. The number of methoxy groups -OCH3 is 1. The van der Waals surface area contributed by atoms with Gasteiger partial charge in [0.15, 0.2) is 0 Å². The summed E-state index contributed by atoms with van der Waals surface area (Å²) in [6.07, 6.45) is -0.115. The normalized spacial score (nSPS) is 17.0. The molecular formula is C15H19N3O5. The predicted molar refractivity (Wildman–Crippen MR) is 81.9 cm³/mol. The Morgan fingerprint density at radius 1 is 1.48 bits per heavy atom. The fourth-order valence-corrected chi connectivity index (χ4v) is 2.49. The molecule has 1 heterocycles. The Morgan fingerprint density at radius 2 is 2.22 bits per heavy atom. The number of benzene rings is 1. The Morgan fingerprint density at radius 3 is 2.83 bits per heavy atom. The molecule has 0 unspecified atom stereocenters. The van der Waals surface area contributed by atoms with E-state index >= 15 is 0 Å². The van der Waals surface area contributed by atoms with E-state index in [-0.39, 0.29) is 31.0 Å². The number of nitrogens with two attached hydrogens (primary N) is 1. The number of hydrogen-bond acceptors (Lipinski definition) is 6. The maximum atomic E-state index is 12.6. The molecule has 2 rings (SSSR count). The van der Waals surface area contributed by atoms with Crippen molar-refractivity contribution in [3.05, 3.63) is 29.3 Å². The van der Waals surface area contributed by atoms with Crippen molar-refractivity contribution in [1.82, 2.24) is 4.90 Å². The summed E-state index contributed by atoms with van der Waals surface area (Å²) in [4.78, 5) is 36.7. The molecule has 1 amide bonds. The third-order valence-corrected chi connectivity index (χ3v) is 3.65. The Hall–Kier alpha value is -2.61. The minimum atomic E-state index is -1.04. The van der Waals surface area contributed by atoms with E-state index in [1.54, 1.807) is 6.07 Å². The highest BCUT2D eigenvalue weighted by Crippen LogP contribution is 2.25. The summed E-state index contributed by atoms with van der Waals surface area (Å²) in [6, 6.07) is 3.79. The quantitative estimate of drug-likeness (QED) is 0.654. The zero-order valence-corrected chi connectivity index (χ0v) is 12.7. The van der Waals surface area contributed by atoms with Crippen LogP contribution in [0.1, 0.15) is 22.3 Å². The molecular weight excluding hydrogens is 302 g/mol. The second-order valence-corrected chi connectivity index (χ2v) is 5.20. The monoisotopic (exact) mass is 321 g/mol. The molecule has 0 saturated carbocycles. The van der Waals surface area contributed by atoms with Crippen LogP contribution in [0.25, 0.3) is 0 Å². The molecule has 0 spiro atoms. The largest absolute Gasteiger partial charge is 0.478 e. The number of carbonyl (C=O) groups is 3. The van der Waals surface area contributed by atoms with Crippen molar-refractivity contribution in [2.24, 2.45) is 5.73 Å². The molecule has 124 valence electrons. The van der Waals surface area contributed by atoms with Gasteiger partial charge in [0, 0.05) is 25.3 Å². The van der Waals surface area contributed by atoms with Gasteiger partial charge in [-0.05, 0) is 23.8 Å². The first-order valence-corrected chi connectivity index (χ1v) is 7.14. The fraction of sp³-hybridized carbons (Fsp3) is 0.400. The SMILES string of the molecule is COC(=O)C[C@@H]1Nc2ccc(C(=O)O)cc2CN(CCN)C1=O. The molecule has 0 saturated heterocycles. The summed E-state index contributed by atoms with van der Waals surface area (Å²) in [6.45, 7) is 0.816. The number of fused-ring (bicyclic) bond motifs is 1. The summed E-state index contributed by atoms with van der Waals surface area (Å²) in [5.41, 5.74) is 6.97. The number of hydrogen-bond donors (Lipinski definition) is 3. The van der Waals surface area contributed by atoms with Crippen LogP contribution in [-0.2, 0) is 20.9 Å². The number of ether oxygens (including phenoxy) is 1. The molecule has 0 aromatic heterocycles. The molecule has 1 aliphatic rings. The molecule has 0 fully saturated rings. The van der Waals surface area contributed by atoms with E-state index in [0.29, 0.717) is 17.8 Å². The van der Waals surface area contributed by atoms with Gasteiger partial charge < -0.3 is 25.8 Å². The van der Waals surface area contributed by atoms with Crippen molar-refractivity contribution in [2.45, 2.75) is 19.0 Å². The number of carboxylic acid groups (broad SMARTS) is 1. The van der Waals surface area contributed by atoms with Gasteiger partial charge in [-0.1, -0.05) is 0 Å². The number of amides is 1. The number of nitrogens with zero attached hydrogens (tertiary/aromatic N) is 1. The van der Waals surface area contributed by atoms with Crippen molar-refractivity contribution in [2.75, 3.05) is 25.5 Å². The lowest BCUT2D eigenvalue weighted by atomic mass is 10.1. The van der Waals surface area contributed by atoms with Crippen LogP contribution in [0, 0.1) is 0 Å². The summed E-state index contributed by atoms with van der Waals surface area (Å²) in [5, 5.41) is 12.1. The first-order chi connectivity index (χ1) is 11.0. The van der Waals surface area contributed by atoms with Gasteiger partial charge in [0.25, 0.3) is 0 Å². The van der Waals surface area contributed by atoms with Gasteiger partial charge in [-0.3, -0.25) is 9.59 Å². The number of carboxylic acids is 1. The summed E-state index contributed by atoms with van der Waals surface area (Å²) >= 11 is 0. The standard InChI is InChI=1S/C15H19N3O5/c1-23-13(19)7-12-14(20)18(5-4-16)8-10-6-9(15(21)22)2-3-11(10)17-12/h2-3,6,12,17H,4-5,7-8,16H2,1H3,(H,21,22)/t12-/m0/s1. The maximum absolute atomic E-state index is 12.6. The third-order valence-electron chi connectivity index (χ3n) is 3.65. The molecule has 0 radical (unpaired) electrons. The van der Waals surface area contributed by atoms with E-state index < -0.39 is 18.0 Å². The minimum absolute atomic E-state index is 0.115. The van der Waals surface area contributed by atoms with Gasteiger partial charge >= 0.3 is 11.9 Å². The van der Waals surface area contributed by atoms with E-state index in [1.807, 2.05) is 0 Å². The Labute approximate surface area is 133 Å². The summed E-state index contributed by atoms with van der Waals surface area (Å²) < 4.78 is 4.62. The van der Waals surface area contributed by atoms with Crippen LogP contribution >= 0.6 is 0 Å². The highest BCUT2D eigenvalue weighted by atomic mass is 16.5. The highest BCUT2D eigenvalue weighted by molar-refractivity contribution is 5.92. The molecule has 0 aliphatic carbocycles. The highest BCUT2D eigenvalue weighted by Gasteiger charge is 2.31. The molecule has 8 heteroatoms. The molecule has 23 heavy (non-hydrogen) atoms. The zero-order valence-electron chi connectivity index (χ0n) is 12.7.